The number of anilines is 2. The Morgan fingerprint density at radius 3 is 2.42 bits per heavy atom. The molecule has 0 radical (unpaired) electrons. The molecule has 0 saturated carbocycles. The number of carbonyl (C=O) groups is 1. The van der Waals surface area contributed by atoms with Crippen LogP contribution in [0.2, 0.25) is 0 Å². The first kappa shape index (κ1) is 13.7. The lowest BCUT2D eigenvalue weighted by Gasteiger charge is -2.24. The largest absolute Gasteiger partial charge is 0.397 e. The van der Waals surface area contributed by atoms with Crippen LogP contribution in [0.4, 0.5) is 11.4 Å². The Morgan fingerprint density at radius 2 is 1.89 bits per heavy atom. The number of benzene rings is 1. The summed E-state index contributed by atoms with van der Waals surface area (Å²) in [6.45, 7) is 0. The second-order valence-electron chi connectivity index (χ2n) is 4.74. The molecule has 0 bridgehead atoms. The van der Waals surface area contributed by atoms with Gasteiger partial charge in [0.05, 0.1) is 22.9 Å². The molecule has 1 aliphatic rings. The van der Waals surface area contributed by atoms with Crippen molar-refractivity contribution in [1.82, 2.24) is 0 Å². The fraction of sp³-hybridized carbons (Fsp3) is 0.417. The first-order valence-corrected chi connectivity index (χ1v) is 7.86. The maximum absolute atomic E-state index is 11.3. The lowest BCUT2D eigenvalue weighted by molar-refractivity contribution is 0.100. The highest BCUT2D eigenvalue weighted by Crippen LogP contribution is 2.23. The number of nitrogen functional groups attached to an aromatic ring is 1. The number of rotatable bonds is 3. The highest BCUT2D eigenvalue weighted by atomic mass is 32.2. The van der Waals surface area contributed by atoms with Gasteiger partial charge in [-0.25, -0.2) is 8.42 Å². The van der Waals surface area contributed by atoms with E-state index in [9.17, 15) is 13.2 Å². The average Bonchev–Trinajstić information content (AvgIpc) is 2.34. The Labute approximate surface area is 112 Å². The third-order valence-corrected chi connectivity index (χ3v) is 4.97. The third kappa shape index (κ3) is 3.37. The summed E-state index contributed by atoms with van der Waals surface area (Å²) in [5, 5.41) is 3.21. The van der Waals surface area contributed by atoms with Gasteiger partial charge in [-0.05, 0) is 31.0 Å². The molecule has 19 heavy (non-hydrogen) atoms. The van der Waals surface area contributed by atoms with E-state index < -0.39 is 15.7 Å². The van der Waals surface area contributed by atoms with Crippen molar-refractivity contribution >= 4 is 27.1 Å². The van der Waals surface area contributed by atoms with Gasteiger partial charge < -0.3 is 16.8 Å². The van der Waals surface area contributed by atoms with Gasteiger partial charge in [0.1, 0.15) is 9.84 Å². The van der Waals surface area contributed by atoms with Gasteiger partial charge in [0.15, 0.2) is 0 Å². The monoisotopic (exact) mass is 283 g/mol. The van der Waals surface area contributed by atoms with E-state index in [1.54, 1.807) is 12.1 Å². The number of sulfone groups is 1. The van der Waals surface area contributed by atoms with Crippen molar-refractivity contribution in [3.05, 3.63) is 23.8 Å². The van der Waals surface area contributed by atoms with E-state index in [1.165, 1.54) is 6.07 Å². The summed E-state index contributed by atoms with van der Waals surface area (Å²) in [5.74, 6) is -0.129. The van der Waals surface area contributed by atoms with Crippen LogP contribution in [0, 0.1) is 0 Å². The van der Waals surface area contributed by atoms with E-state index >= 15 is 0 Å². The molecule has 1 saturated heterocycles. The fourth-order valence-corrected chi connectivity index (χ4v) is 3.59. The van der Waals surface area contributed by atoms with Gasteiger partial charge in [-0.15, -0.1) is 0 Å². The molecule has 1 fully saturated rings. The van der Waals surface area contributed by atoms with Crippen LogP contribution in [0.15, 0.2) is 18.2 Å². The Balaban J connectivity index is 2.06. The van der Waals surface area contributed by atoms with Gasteiger partial charge in [-0.1, -0.05) is 0 Å². The van der Waals surface area contributed by atoms with Crippen LogP contribution >= 0.6 is 0 Å². The van der Waals surface area contributed by atoms with Gasteiger partial charge in [-0.2, -0.15) is 0 Å². The number of nitrogens with two attached hydrogens (primary N) is 2. The molecule has 2 rings (SSSR count). The van der Waals surface area contributed by atoms with Crippen molar-refractivity contribution in [3.63, 3.8) is 0 Å². The number of primary amides is 1. The molecule has 1 aliphatic heterocycles. The van der Waals surface area contributed by atoms with Crippen LogP contribution in [0.1, 0.15) is 23.2 Å². The van der Waals surface area contributed by atoms with Gasteiger partial charge in [0, 0.05) is 11.6 Å². The van der Waals surface area contributed by atoms with Crippen LogP contribution in [0.5, 0.6) is 0 Å². The minimum atomic E-state index is -2.87. The molecule has 6 nitrogen and oxygen atoms in total. The number of hydrogen-bond acceptors (Lipinski definition) is 5. The first-order chi connectivity index (χ1) is 8.87. The lowest BCUT2D eigenvalue weighted by Crippen LogP contribution is -2.32. The van der Waals surface area contributed by atoms with Crippen LogP contribution in [0.3, 0.4) is 0 Å². The zero-order valence-corrected chi connectivity index (χ0v) is 11.2. The maximum atomic E-state index is 11.3. The maximum Gasteiger partial charge on any atom is 0.248 e. The third-order valence-electron chi connectivity index (χ3n) is 3.25. The van der Waals surface area contributed by atoms with Gasteiger partial charge in [0.25, 0.3) is 0 Å². The molecule has 104 valence electrons. The van der Waals surface area contributed by atoms with E-state index in [4.69, 9.17) is 11.5 Å². The van der Waals surface area contributed by atoms with Gasteiger partial charge >= 0.3 is 0 Å². The Morgan fingerprint density at radius 1 is 1.26 bits per heavy atom. The highest BCUT2D eigenvalue weighted by Gasteiger charge is 2.23. The second-order valence-corrected chi connectivity index (χ2v) is 7.04. The topological polar surface area (TPSA) is 115 Å². The van der Waals surface area contributed by atoms with Crippen LogP contribution in [0.25, 0.3) is 0 Å². The number of carbonyl (C=O) groups excluding carboxylic acids is 1. The summed E-state index contributed by atoms with van der Waals surface area (Å²) < 4.78 is 22.7. The predicted octanol–water partition coefficient (Wildman–Crippen LogP) is 0.357. The zero-order chi connectivity index (χ0) is 14.0. The van der Waals surface area contributed by atoms with Crippen molar-refractivity contribution in [2.45, 2.75) is 18.9 Å². The number of hydrogen-bond donors (Lipinski definition) is 3. The molecule has 1 heterocycles. The van der Waals surface area contributed by atoms with Crippen molar-refractivity contribution in [1.29, 1.82) is 0 Å². The summed E-state index contributed by atoms with van der Waals surface area (Å²) >= 11 is 0. The zero-order valence-electron chi connectivity index (χ0n) is 10.4. The molecule has 0 unspecified atom stereocenters. The van der Waals surface area contributed by atoms with Crippen LogP contribution in [-0.4, -0.2) is 31.9 Å². The van der Waals surface area contributed by atoms with Gasteiger partial charge in [0.2, 0.25) is 5.91 Å². The standard InChI is InChI=1S/C12H17N3O3S/c13-10-7-8(12(14)16)1-2-11(10)15-9-3-5-19(17,18)6-4-9/h1-2,7,9,15H,3-6,13H2,(H2,14,16). The van der Waals surface area contributed by atoms with Crippen LogP contribution in [-0.2, 0) is 9.84 Å². The second kappa shape index (κ2) is 5.08. The number of amides is 1. The van der Waals surface area contributed by atoms with E-state index in [0.29, 0.717) is 29.8 Å². The minimum Gasteiger partial charge on any atom is -0.397 e. The molecule has 7 heteroatoms. The fourth-order valence-electron chi connectivity index (χ4n) is 2.10. The number of nitrogens with one attached hydrogen (secondary N) is 1. The minimum absolute atomic E-state index is 0.0882. The first-order valence-electron chi connectivity index (χ1n) is 6.04. The lowest BCUT2D eigenvalue weighted by atomic mass is 10.1. The molecular formula is C12H17N3O3S. The van der Waals surface area contributed by atoms with E-state index in [-0.39, 0.29) is 17.5 Å². The summed E-state index contributed by atoms with van der Waals surface area (Å²) in [6.07, 6.45) is 1.14. The summed E-state index contributed by atoms with van der Waals surface area (Å²) in [5.41, 5.74) is 12.5. The molecule has 1 amide bonds. The normalized spacial score (nSPS) is 18.9. The Hall–Kier alpha value is -1.76. The predicted molar refractivity (Wildman–Crippen MR) is 74.7 cm³/mol. The molecule has 1 aromatic carbocycles. The summed E-state index contributed by atoms with van der Waals surface area (Å²) in [7, 11) is -2.87. The molecule has 0 aliphatic carbocycles. The molecular weight excluding hydrogens is 266 g/mol. The van der Waals surface area contributed by atoms with Crippen molar-refractivity contribution in [3.8, 4) is 0 Å². The van der Waals surface area contributed by atoms with E-state index in [2.05, 4.69) is 5.32 Å². The quantitative estimate of drug-likeness (QED) is 0.693. The summed E-state index contributed by atoms with van der Waals surface area (Å²) in [4.78, 5) is 11.0. The smallest absolute Gasteiger partial charge is 0.248 e. The Bertz CT molecular complexity index is 584. The van der Waals surface area contributed by atoms with Gasteiger partial charge in [-0.3, -0.25) is 4.79 Å². The van der Waals surface area contributed by atoms with E-state index in [1.807, 2.05) is 0 Å². The highest BCUT2D eigenvalue weighted by molar-refractivity contribution is 7.91. The summed E-state index contributed by atoms with van der Waals surface area (Å²) in [6, 6.07) is 4.90. The molecule has 0 spiro atoms. The van der Waals surface area contributed by atoms with Crippen molar-refractivity contribution in [2.24, 2.45) is 5.73 Å². The van der Waals surface area contributed by atoms with Crippen molar-refractivity contribution < 1.29 is 13.2 Å². The van der Waals surface area contributed by atoms with Crippen LogP contribution < -0.4 is 16.8 Å². The Kier molecular flexibility index (Phi) is 3.66. The molecule has 5 N–H and O–H groups in total. The van der Waals surface area contributed by atoms with E-state index in [0.717, 1.165) is 0 Å². The SMILES string of the molecule is NC(=O)c1ccc(NC2CCS(=O)(=O)CC2)c(N)c1. The van der Waals surface area contributed by atoms with Crippen molar-refractivity contribution in [2.75, 3.05) is 22.6 Å². The molecule has 1 aromatic rings. The molecule has 0 atom stereocenters. The molecule has 0 aromatic heterocycles. The average molecular weight is 283 g/mol.